The van der Waals surface area contributed by atoms with Crippen LogP contribution in [0.2, 0.25) is 0 Å². The first-order valence-corrected chi connectivity index (χ1v) is 25.7. The maximum Gasteiger partial charge on any atom is 0.329 e. The molecular formula is C54H85NO15. The highest BCUT2D eigenvalue weighted by Crippen LogP contribution is 2.52. The number of methoxy groups -OCH3 is 4. The van der Waals surface area contributed by atoms with Gasteiger partial charge in [-0.1, -0.05) is 71.1 Å². The molecule has 16 heteroatoms. The van der Waals surface area contributed by atoms with Crippen molar-refractivity contribution in [3.05, 3.63) is 47.6 Å². The lowest BCUT2D eigenvalue weighted by Gasteiger charge is -2.64. The number of hydrogen-bond donors (Lipinski definition) is 5. The standard InChI is InChI=1S/C54H85NO15/c1-30-16-13-12-14-17-31(2)42(65-8)28-38-22-20-36(7)54(64,70-38)53(63)45-19-15-18-39(55(45)52(53)62)51(61)69-43(33(4)26-37-21-23-40(56)44(27-37)66-9)29-41(57)32(3)25-35(6)47(59)50(68-11)48(60)49(67-10)46(58)34(5)24-30/h12-14,16-17,25,30,32-34,36-40,42-45,47-50,56,59-60,63-64H,15,18-24,26-29H2,1-11H3/b14-12-,16-13-,31-17-,35-25-/t30-,32-,33-,34-,36-,37+,38+,39?,40-,42+,43+,44-,45-,47?,48?,49?,50-,53-,54-/m1/s1. The second kappa shape index (κ2) is 25.2. The molecule has 1 amide bonds. The van der Waals surface area contributed by atoms with Crippen LogP contribution in [0.5, 0.6) is 0 Å². The van der Waals surface area contributed by atoms with Crippen molar-refractivity contribution in [2.75, 3.05) is 28.4 Å². The minimum absolute atomic E-state index is 0.0309. The number of β-lactam (4-membered cyclic amide) rings is 1. The fraction of sp³-hybridized carbons (Fsp3) is 0.778. The Morgan fingerprint density at radius 2 is 1.53 bits per heavy atom. The van der Waals surface area contributed by atoms with Gasteiger partial charge in [-0.25, -0.2) is 4.79 Å². The lowest BCUT2D eigenvalue weighted by Crippen LogP contribution is -2.87. The van der Waals surface area contributed by atoms with E-state index >= 15 is 0 Å². The zero-order valence-corrected chi connectivity index (χ0v) is 43.5. The molecule has 396 valence electrons. The van der Waals surface area contributed by atoms with E-state index in [2.05, 4.69) is 0 Å². The molecule has 70 heavy (non-hydrogen) atoms. The number of amides is 1. The number of allylic oxidation sites excluding steroid dienone is 6. The molecule has 5 rings (SSSR count). The molecular weight excluding hydrogens is 903 g/mol. The molecule has 1 saturated carbocycles. The minimum atomic E-state index is -2.33. The van der Waals surface area contributed by atoms with Crippen LogP contribution in [0.4, 0.5) is 0 Å². The number of piperidine rings is 1. The van der Waals surface area contributed by atoms with Gasteiger partial charge < -0.3 is 58.9 Å². The van der Waals surface area contributed by atoms with E-state index in [9.17, 15) is 44.7 Å². The summed E-state index contributed by atoms with van der Waals surface area (Å²) in [6.45, 7) is 12.6. The minimum Gasteiger partial charge on any atom is -0.460 e. The van der Waals surface area contributed by atoms with E-state index in [0.717, 1.165) is 5.57 Å². The van der Waals surface area contributed by atoms with Gasteiger partial charge in [0.25, 0.3) is 5.91 Å². The molecule has 0 aromatic heterocycles. The summed E-state index contributed by atoms with van der Waals surface area (Å²) in [6, 6.07) is -2.02. The lowest BCUT2D eigenvalue weighted by molar-refractivity contribution is -0.376. The summed E-state index contributed by atoms with van der Waals surface area (Å²) in [5, 5.41) is 58.5. The number of carbonyl (C=O) groups excluding carboxylic acids is 4. The van der Waals surface area contributed by atoms with Crippen LogP contribution in [0.3, 0.4) is 0 Å². The summed E-state index contributed by atoms with van der Waals surface area (Å²) in [4.78, 5) is 58.2. The number of fused-ring (bicyclic) bond motifs is 5. The zero-order valence-electron chi connectivity index (χ0n) is 43.5. The highest BCUT2D eigenvalue weighted by molar-refractivity contribution is 5.98. The zero-order chi connectivity index (χ0) is 51.8. The molecule has 4 fully saturated rings. The summed E-state index contributed by atoms with van der Waals surface area (Å²) >= 11 is 0. The van der Waals surface area contributed by atoms with Gasteiger partial charge in [0.15, 0.2) is 5.78 Å². The Bertz CT molecular complexity index is 1920. The quantitative estimate of drug-likeness (QED) is 0.127. The first-order chi connectivity index (χ1) is 33.1. The summed E-state index contributed by atoms with van der Waals surface area (Å²) in [7, 11) is 5.78. The first kappa shape index (κ1) is 57.7. The number of esters is 1. The van der Waals surface area contributed by atoms with Crippen molar-refractivity contribution in [2.45, 2.75) is 204 Å². The fourth-order valence-corrected chi connectivity index (χ4v) is 11.9. The topological polar surface area (TPSA) is 228 Å². The van der Waals surface area contributed by atoms with Gasteiger partial charge in [-0.2, -0.15) is 0 Å². The highest BCUT2D eigenvalue weighted by atomic mass is 16.7. The molecule has 4 unspecified atom stereocenters. The van der Waals surface area contributed by atoms with Crippen LogP contribution in [-0.2, 0) is 47.6 Å². The molecule has 0 radical (unpaired) electrons. The van der Waals surface area contributed by atoms with E-state index in [1.54, 1.807) is 48.0 Å². The highest BCUT2D eigenvalue weighted by Gasteiger charge is 2.75. The predicted molar refractivity (Wildman–Crippen MR) is 261 cm³/mol. The maximum atomic E-state index is 14.5. The number of hydrogen-bond acceptors (Lipinski definition) is 15. The Balaban J connectivity index is 1.48. The number of carbonyl (C=O) groups is 4. The number of ketones is 2. The van der Waals surface area contributed by atoms with Crippen molar-refractivity contribution in [3.8, 4) is 0 Å². The van der Waals surface area contributed by atoms with Crippen LogP contribution in [0.1, 0.15) is 126 Å². The molecule has 3 saturated heterocycles. The molecule has 16 nitrogen and oxygen atoms in total. The Morgan fingerprint density at radius 1 is 0.814 bits per heavy atom. The SMILES string of the molecule is COC1C(=O)[C@H](C)C[C@H](C)\C=C/C=C\C=C(\C)[C@@H](OC)C[C@@H]2CC[C@@H](C)[C@@](O)(O2)[C@]2(O)C(=O)N3C(CCC[C@@H]32)C(=O)O[C@H]([C@H](C)C[C@@H]2CC[C@@H](O)[C@H](OC)C2)CC(=O)[C@H](C)/C=C(/C)C(O)[C@@H](OC)C1O. The van der Waals surface area contributed by atoms with E-state index in [4.69, 9.17) is 28.4 Å². The third-order valence-corrected chi connectivity index (χ3v) is 16.4. The molecule has 19 atom stereocenters. The Kier molecular flexibility index (Phi) is 20.8. The van der Waals surface area contributed by atoms with Crippen molar-refractivity contribution < 1.29 is 73.1 Å². The van der Waals surface area contributed by atoms with E-state index in [1.807, 2.05) is 51.2 Å². The predicted octanol–water partition coefficient (Wildman–Crippen LogP) is 5.10. The molecule has 0 spiro atoms. The van der Waals surface area contributed by atoms with E-state index in [1.165, 1.54) is 19.1 Å². The number of ether oxygens (including phenoxy) is 6. The van der Waals surface area contributed by atoms with E-state index < -0.39 is 102 Å². The van der Waals surface area contributed by atoms with Crippen LogP contribution in [0.25, 0.3) is 0 Å². The number of Topliss-reactive ketones (excluding diaryl/α,β-unsaturated/α-hetero) is 2. The summed E-state index contributed by atoms with van der Waals surface area (Å²) in [5.74, 6) is -6.68. The monoisotopic (exact) mass is 988 g/mol. The third-order valence-electron chi connectivity index (χ3n) is 16.4. The molecule has 5 aliphatic rings. The van der Waals surface area contributed by atoms with Gasteiger partial charge >= 0.3 is 5.97 Å². The van der Waals surface area contributed by atoms with Gasteiger partial charge in [0.2, 0.25) is 11.4 Å². The average molecular weight is 988 g/mol. The van der Waals surface area contributed by atoms with Gasteiger partial charge in [-0.05, 0) is 107 Å². The molecule has 4 aliphatic heterocycles. The van der Waals surface area contributed by atoms with Crippen molar-refractivity contribution >= 4 is 23.4 Å². The average Bonchev–Trinajstić information content (AvgIpc) is 3.33. The van der Waals surface area contributed by atoms with Gasteiger partial charge in [-0.3, -0.25) is 14.4 Å². The van der Waals surface area contributed by atoms with Gasteiger partial charge in [0.1, 0.15) is 42.3 Å². The van der Waals surface area contributed by atoms with Crippen molar-refractivity contribution in [3.63, 3.8) is 0 Å². The maximum absolute atomic E-state index is 14.5. The largest absolute Gasteiger partial charge is 0.460 e. The smallest absolute Gasteiger partial charge is 0.329 e. The third kappa shape index (κ3) is 12.6. The summed E-state index contributed by atoms with van der Waals surface area (Å²) in [6.07, 6.45) is 7.61. The molecule has 1 aliphatic carbocycles. The number of aliphatic hydroxyl groups excluding tert-OH is 3. The van der Waals surface area contributed by atoms with Gasteiger partial charge in [0.05, 0.1) is 30.5 Å². The normalized spacial score (nSPS) is 44.3. The van der Waals surface area contributed by atoms with Crippen LogP contribution in [0, 0.1) is 35.5 Å². The Labute approximate surface area is 415 Å². The van der Waals surface area contributed by atoms with E-state index in [0.29, 0.717) is 69.8 Å². The Morgan fingerprint density at radius 3 is 2.19 bits per heavy atom. The van der Waals surface area contributed by atoms with Gasteiger partial charge in [-0.15, -0.1) is 0 Å². The van der Waals surface area contributed by atoms with E-state index in [-0.39, 0.29) is 48.3 Å². The van der Waals surface area contributed by atoms with Crippen molar-refractivity contribution in [1.82, 2.24) is 4.90 Å². The fourth-order valence-electron chi connectivity index (χ4n) is 11.9. The summed E-state index contributed by atoms with van der Waals surface area (Å²) < 4.78 is 35.3. The molecule has 5 N–H and O–H groups in total. The lowest BCUT2D eigenvalue weighted by atomic mass is 9.65. The molecule has 0 aromatic carbocycles. The van der Waals surface area contributed by atoms with Crippen molar-refractivity contribution in [1.29, 1.82) is 0 Å². The van der Waals surface area contributed by atoms with Crippen molar-refractivity contribution in [2.24, 2.45) is 35.5 Å². The van der Waals surface area contributed by atoms with Crippen LogP contribution in [-0.4, -0.2) is 161 Å². The second-order valence-corrected chi connectivity index (χ2v) is 21.4. The van der Waals surface area contributed by atoms with Crippen LogP contribution in [0.15, 0.2) is 47.6 Å². The molecule has 4 heterocycles. The van der Waals surface area contributed by atoms with Gasteiger partial charge in [0, 0.05) is 59.0 Å². The van der Waals surface area contributed by atoms with Crippen LogP contribution >= 0.6 is 0 Å². The van der Waals surface area contributed by atoms with Crippen LogP contribution < -0.4 is 0 Å². The number of aliphatic hydroxyl groups is 5. The Hall–Kier alpha value is -3.16. The second-order valence-electron chi connectivity index (χ2n) is 21.4. The summed E-state index contributed by atoms with van der Waals surface area (Å²) in [5.41, 5.74) is -1.14. The number of cyclic esters (lactones) is 1. The number of rotatable bonds is 7. The molecule has 4 bridgehead atoms. The number of nitrogens with zero attached hydrogens (tertiary/aromatic N) is 1. The first-order valence-electron chi connectivity index (χ1n) is 25.7. The molecule has 0 aromatic rings.